The van der Waals surface area contributed by atoms with Gasteiger partial charge in [0.15, 0.2) is 29.7 Å². The quantitative estimate of drug-likeness (QED) is 0.387. The van der Waals surface area contributed by atoms with Gasteiger partial charge >= 0.3 is 0 Å². The van der Waals surface area contributed by atoms with E-state index in [4.69, 9.17) is 21.0 Å². The molecule has 4 rings (SSSR count). The van der Waals surface area contributed by atoms with Crippen LogP contribution >= 0.6 is 23.5 Å². The van der Waals surface area contributed by atoms with Crippen LogP contribution in [-0.2, 0) is 19.7 Å². The van der Waals surface area contributed by atoms with Gasteiger partial charge in [-0.2, -0.15) is 32.8 Å². The Morgan fingerprint density at radius 1 is 0.816 bits per heavy atom. The summed E-state index contributed by atoms with van der Waals surface area (Å²) in [7, 11) is -6.33. The molecule has 0 bridgehead atoms. The summed E-state index contributed by atoms with van der Waals surface area (Å²) in [5, 5.41) is 33.2. The molecule has 0 spiro atoms. The van der Waals surface area contributed by atoms with Crippen molar-refractivity contribution >= 4 is 43.2 Å². The lowest BCUT2D eigenvalue weighted by molar-refractivity contribution is 0.552. The van der Waals surface area contributed by atoms with Gasteiger partial charge in [0.1, 0.15) is 0 Å². The molecule has 0 heterocycles. The van der Waals surface area contributed by atoms with E-state index < -0.39 is 29.7 Å². The highest BCUT2D eigenvalue weighted by atomic mass is 32.2. The van der Waals surface area contributed by atoms with E-state index in [0.29, 0.717) is 0 Å². The average Bonchev–Trinajstić information content (AvgIpc) is 3.64. The van der Waals surface area contributed by atoms with Gasteiger partial charge in [0.05, 0.1) is 29.5 Å². The molecule has 0 amide bonds. The molecular formula is C26H42N4O4S4. The second-order valence-corrected chi connectivity index (χ2v) is 16.7. The fraction of sp³-hybridized carbons (Fsp3) is 0.846. The average molecular weight is 603 g/mol. The lowest BCUT2D eigenvalue weighted by Crippen LogP contribution is -2.35. The Morgan fingerprint density at radius 3 is 1.39 bits per heavy atom. The van der Waals surface area contributed by atoms with E-state index in [9.17, 15) is 16.8 Å². The molecular weight excluding hydrogens is 561 g/mol. The van der Waals surface area contributed by atoms with Gasteiger partial charge in [0, 0.05) is 18.9 Å². The van der Waals surface area contributed by atoms with Crippen molar-refractivity contribution in [2.75, 3.05) is 31.3 Å². The molecule has 0 radical (unpaired) electrons. The highest BCUT2D eigenvalue weighted by Gasteiger charge is 2.49. The molecule has 0 aromatic heterocycles. The smallest absolute Gasteiger partial charge is 0.166 e. The molecule has 12 heteroatoms. The van der Waals surface area contributed by atoms with Gasteiger partial charge in [-0.3, -0.25) is 0 Å². The highest BCUT2D eigenvalue weighted by Crippen LogP contribution is 2.43. The summed E-state index contributed by atoms with van der Waals surface area (Å²) in [4.78, 5) is 0. The van der Waals surface area contributed by atoms with Crippen molar-refractivity contribution in [1.29, 1.82) is 21.0 Å². The summed E-state index contributed by atoms with van der Waals surface area (Å²) in [6, 6.07) is 8.11. The van der Waals surface area contributed by atoms with E-state index in [2.05, 4.69) is 12.1 Å². The Labute approximate surface area is 239 Å². The molecule has 8 nitrogen and oxygen atoms in total. The first-order valence-electron chi connectivity index (χ1n) is 12.6. The molecule has 0 aromatic rings. The number of nitriles is 4. The fourth-order valence-corrected chi connectivity index (χ4v) is 6.19. The zero-order valence-corrected chi connectivity index (χ0v) is 26.6. The topological polar surface area (TPSA) is 163 Å². The monoisotopic (exact) mass is 602 g/mol. The molecule has 4 aliphatic rings. The summed E-state index contributed by atoms with van der Waals surface area (Å²) < 4.78 is 42.8. The molecule has 38 heavy (non-hydrogen) atoms. The van der Waals surface area contributed by atoms with Gasteiger partial charge in [-0.05, 0) is 101 Å². The van der Waals surface area contributed by atoms with E-state index >= 15 is 0 Å². The molecule has 4 aliphatic carbocycles. The molecule has 0 aliphatic heterocycles. The van der Waals surface area contributed by atoms with Gasteiger partial charge < -0.3 is 0 Å². The molecule has 4 saturated carbocycles. The van der Waals surface area contributed by atoms with Crippen LogP contribution in [0.3, 0.4) is 0 Å². The summed E-state index contributed by atoms with van der Waals surface area (Å²) in [5.74, 6) is 1.72. The molecule has 3 atom stereocenters. The minimum absolute atomic E-state index is 0.0718. The van der Waals surface area contributed by atoms with E-state index in [-0.39, 0.29) is 17.1 Å². The lowest BCUT2D eigenvalue weighted by atomic mass is 10.1. The standard InChI is InChI=1S/C7H11NO2S.C6H9NO2S.C6H9NS.C5H7N.C2H6S/c1-7(5-8,6-3-4-6)11(2,9)10;1-10(8,9)6(4-7)5-2-3-5;1-8-6(4-7)5-2-3-5;6-4-3-5-1-2-5;1-3-2/h6H,3-4H2,1-2H3;5-6H,2-3H2,1H3;5-6H,2-3H2,1H3;5H,1-3H2;1-2H3. The van der Waals surface area contributed by atoms with Crippen LogP contribution < -0.4 is 0 Å². The number of sulfone groups is 2. The Morgan fingerprint density at radius 2 is 1.29 bits per heavy atom. The maximum absolute atomic E-state index is 11.1. The normalized spacial score (nSPS) is 20.8. The van der Waals surface area contributed by atoms with Crippen LogP contribution in [0.15, 0.2) is 0 Å². The lowest BCUT2D eigenvalue weighted by Gasteiger charge is -2.17. The molecule has 0 saturated heterocycles. The highest BCUT2D eigenvalue weighted by molar-refractivity contribution is 7.99. The molecule has 4 fully saturated rings. The van der Waals surface area contributed by atoms with Gasteiger partial charge in [0.2, 0.25) is 0 Å². The first kappa shape index (κ1) is 36.6. The maximum Gasteiger partial charge on any atom is 0.166 e. The zero-order chi connectivity index (χ0) is 29.6. The molecule has 214 valence electrons. The SMILES string of the molecule is CC(C#N)(C1CC1)S(C)(=O)=O.CS(=O)(=O)C(C#N)C1CC1.CSC.CSC(C#N)C1CC1.N#CCC1CC1. The molecule has 0 aromatic carbocycles. The summed E-state index contributed by atoms with van der Waals surface area (Å²) in [6.07, 6.45) is 17.8. The molecule has 3 unspecified atom stereocenters. The predicted molar refractivity (Wildman–Crippen MR) is 157 cm³/mol. The Kier molecular flexibility index (Phi) is 16.6. The van der Waals surface area contributed by atoms with Crippen LogP contribution in [-0.4, -0.2) is 63.4 Å². The third-order valence-corrected chi connectivity index (χ3v) is 10.9. The van der Waals surface area contributed by atoms with Crippen molar-refractivity contribution in [3.8, 4) is 24.3 Å². The number of rotatable bonds is 7. The zero-order valence-electron chi connectivity index (χ0n) is 23.4. The third-order valence-electron chi connectivity index (χ3n) is 6.50. The summed E-state index contributed by atoms with van der Waals surface area (Å²) >= 11 is 3.43. The predicted octanol–water partition coefficient (Wildman–Crippen LogP) is 5.00. The van der Waals surface area contributed by atoms with Gasteiger partial charge in [0.25, 0.3) is 0 Å². The van der Waals surface area contributed by atoms with E-state index in [1.165, 1.54) is 32.6 Å². The number of hydrogen-bond donors (Lipinski definition) is 0. The van der Waals surface area contributed by atoms with Crippen molar-refractivity contribution in [3.63, 3.8) is 0 Å². The Hall–Kier alpha value is -1.44. The van der Waals surface area contributed by atoms with Crippen LogP contribution in [0.5, 0.6) is 0 Å². The number of hydrogen-bond acceptors (Lipinski definition) is 10. The van der Waals surface area contributed by atoms with Crippen LogP contribution in [0, 0.1) is 69.0 Å². The number of thioether (sulfide) groups is 2. The van der Waals surface area contributed by atoms with Crippen molar-refractivity contribution in [2.24, 2.45) is 23.7 Å². The van der Waals surface area contributed by atoms with Crippen LogP contribution in [0.1, 0.15) is 64.7 Å². The largest absolute Gasteiger partial charge is 0.228 e. The van der Waals surface area contributed by atoms with Crippen molar-refractivity contribution < 1.29 is 16.8 Å². The van der Waals surface area contributed by atoms with Crippen molar-refractivity contribution in [3.05, 3.63) is 0 Å². The molecule has 0 N–H and O–H groups in total. The first-order chi connectivity index (χ1) is 17.7. The van der Waals surface area contributed by atoms with Crippen molar-refractivity contribution in [1.82, 2.24) is 0 Å². The van der Waals surface area contributed by atoms with Crippen molar-refractivity contribution in [2.45, 2.75) is 80.0 Å². The van der Waals surface area contributed by atoms with Crippen LogP contribution in [0.25, 0.3) is 0 Å². The Bertz CT molecular complexity index is 1100. The summed E-state index contributed by atoms with van der Waals surface area (Å²) in [6.45, 7) is 1.51. The number of nitrogens with zero attached hydrogens (tertiary/aromatic N) is 4. The Balaban J connectivity index is 0.000000472. The second-order valence-electron chi connectivity index (χ2n) is 10.3. The maximum atomic E-state index is 11.1. The van der Waals surface area contributed by atoms with Gasteiger partial charge in [-0.15, -0.1) is 11.8 Å². The van der Waals surface area contributed by atoms with Crippen LogP contribution in [0.4, 0.5) is 0 Å². The van der Waals surface area contributed by atoms with Gasteiger partial charge in [-0.1, -0.05) is 0 Å². The first-order valence-corrected chi connectivity index (χ1v) is 19.4. The van der Waals surface area contributed by atoms with Gasteiger partial charge in [-0.25, -0.2) is 16.8 Å². The summed E-state index contributed by atoms with van der Waals surface area (Å²) in [5.41, 5.74) is 0. The third kappa shape index (κ3) is 14.6. The minimum Gasteiger partial charge on any atom is -0.228 e. The van der Waals surface area contributed by atoms with E-state index in [1.54, 1.807) is 23.5 Å². The van der Waals surface area contributed by atoms with E-state index in [1.807, 2.05) is 30.9 Å². The minimum atomic E-state index is -3.21. The second kappa shape index (κ2) is 17.3. The van der Waals surface area contributed by atoms with E-state index in [0.717, 1.165) is 56.5 Å². The van der Waals surface area contributed by atoms with Crippen LogP contribution in [0.2, 0.25) is 0 Å². The fourth-order valence-electron chi connectivity index (χ4n) is 3.26.